The number of benzene rings is 1. The highest BCUT2D eigenvalue weighted by molar-refractivity contribution is 5.86. The molecule has 0 saturated heterocycles. The first-order valence-electron chi connectivity index (χ1n) is 6.91. The lowest BCUT2D eigenvalue weighted by atomic mass is 10.2. The minimum absolute atomic E-state index is 0.332. The third-order valence-corrected chi connectivity index (χ3v) is 2.58. The van der Waals surface area contributed by atoms with E-state index in [4.69, 9.17) is 14.2 Å². The molecule has 21 heavy (non-hydrogen) atoms. The maximum Gasteiger partial charge on any atom is 0.330 e. The Bertz CT molecular complexity index is 432. The van der Waals surface area contributed by atoms with Crippen LogP contribution in [0.3, 0.4) is 0 Å². The van der Waals surface area contributed by atoms with E-state index in [2.05, 4.69) is 4.74 Å². The summed E-state index contributed by atoms with van der Waals surface area (Å²) in [5, 5.41) is 0. The molecule has 1 aromatic rings. The Morgan fingerprint density at radius 2 is 1.76 bits per heavy atom. The SMILES string of the molecule is CCOC(COc1ccc(/C=C/C(=O)OC)cc1)OCC. The average molecular weight is 294 g/mol. The molecule has 1 aromatic carbocycles. The van der Waals surface area contributed by atoms with Crippen molar-refractivity contribution in [3.8, 4) is 5.75 Å². The van der Waals surface area contributed by atoms with Crippen LogP contribution in [0.25, 0.3) is 6.08 Å². The molecule has 0 unspecified atom stereocenters. The number of hydrogen-bond donors (Lipinski definition) is 0. The molecule has 116 valence electrons. The molecule has 5 nitrogen and oxygen atoms in total. The molecule has 0 fully saturated rings. The maximum atomic E-state index is 11.0. The highest BCUT2D eigenvalue weighted by Crippen LogP contribution is 2.14. The van der Waals surface area contributed by atoms with Crippen LogP contribution in [0, 0.1) is 0 Å². The molecule has 0 spiro atoms. The summed E-state index contributed by atoms with van der Waals surface area (Å²) < 4.78 is 20.9. The quantitative estimate of drug-likeness (QED) is 0.398. The zero-order chi connectivity index (χ0) is 15.5. The zero-order valence-corrected chi connectivity index (χ0v) is 12.7. The second-order valence-electron chi connectivity index (χ2n) is 4.08. The normalized spacial score (nSPS) is 11.0. The van der Waals surface area contributed by atoms with Crippen molar-refractivity contribution in [2.24, 2.45) is 0 Å². The lowest BCUT2D eigenvalue weighted by molar-refractivity contribution is -0.152. The number of esters is 1. The minimum Gasteiger partial charge on any atom is -0.488 e. The number of ether oxygens (including phenoxy) is 4. The molecule has 0 amide bonds. The number of hydrogen-bond acceptors (Lipinski definition) is 5. The molecule has 0 bridgehead atoms. The monoisotopic (exact) mass is 294 g/mol. The smallest absolute Gasteiger partial charge is 0.330 e. The summed E-state index contributed by atoms with van der Waals surface area (Å²) in [6, 6.07) is 7.36. The van der Waals surface area contributed by atoms with Gasteiger partial charge >= 0.3 is 5.97 Å². The Kier molecular flexibility index (Phi) is 8.16. The van der Waals surface area contributed by atoms with E-state index in [0.717, 1.165) is 11.3 Å². The van der Waals surface area contributed by atoms with E-state index in [1.54, 1.807) is 6.08 Å². The van der Waals surface area contributed by atoms with Crippen molar-refractivity contribution in [1.29, 1.82) is 0 Å². The van der Waals surface area contributed by atoms with Gasteiger partial charge in [-0.25, -0.2) is 4.79 Å². The van der Waals surface area contributed by atoms with Crippen LogP contribution >= 0.6 is 0 Å². The number of carbonyl (C=O) groups is 1. The standard InChI is InChI=1S/C16H22O5/c1-4-19-16(20-5-2)12-21-14-9-6-13(7-10-14)8-11-15(17)18-3/h6-11,16H,4-5,12H2,1-3H3/b11-8+. The summed E-state index contributed by atoms with van der Waals surface area (Å²) in [7, 11) is 1.34. The Balaban J connectivity index is 2.50. The van der Waals surface area contributed by atoms with E-state index in [-0.39, 0.29) is 12.3 Å². The van der Waals surface area contributed by atoms with Gasteiger partial charge < -0.3 is 18.9 Å². The van der Waals surface area contributed by atoms with Crippen LogP contribution in [0.15, 0.2) is 30.3 Å². The summed E-state index contributed by atoms with van der Waals surface area (Å²) in [5.74, 6) is 0.334. The predicted octanol–water partition coefficient (Wildman–Crippen LogP) is 2.65. The molecule has 0 heterocycles. The van der Waals surface area contributed by atoms with Gasteiger partial charge in [0, 0.05) is 19.3 Å². The highest BCUT2D eigenvalue weighted by Gasteiger charge is 2.08. The van der Waals surface area contributed by atoms with Crippen LogP contribution in [0.5, 0.6) is 5.75 Å². The lowest BCUT2D eigenvalue weighted by Crippen LogP contribution is -2.25. The van der Waals surface area contributed by atoms with E-state index in [1.807, 2.05) is 38.1 Å². The zero-order valence-electron chi connectivity index (χ0n) is 12.7. The van der Waals surface area contributed by atoms with Crippen molar-refractivity contribution in [2.75, 3.05) is 26.9 Å². The molecular formula is C16H22O5. The Morgan fingerprint density at radius 3 is 2.29 bits per heavy atom. The highest BCUT2D eigenvalue weighted by atomic mass is 16.7. The Morgan fingerprint density at radius 1 is 1.14 bits per heavy atom. The number of methoxy groups -OCH3 is 1. The van der Waals surface area contributed by atoms with Crippen molar-refractivity contribution in [1.82, 2.24) is 0 Å². The van der Waals surface area contributed by atoms with Crippen molar-refractivity contribution >= 4 is 12.0 Å². The first kappa shape index (κ1) is 17.2. The number of rotatable bonds is 9. The van der Waals surface area contributed by atoms with Crippen LogP contribution in [-0.4, -0.2) is 39.2 Å². The van der Waals surface area contributed by atoms with Gasteiger partial charge in [-0.15, -0.1) is 0 Å². The Hall–Kier alpha value is -1.85. The van der Waals surface area contributed by atoms with Gasteiger partial charge in [-0.1, -0.05) is 12.1 Å². The van der Waals surface area contributed by atoms with Gasteiger partial charge in [-0.05, 0) is 37.6 Å². The van der Waals surface area contributed by atoms with E-state index in [1.165, 1.54) is 13.2 Å². The average Bonchev–Trinajstić information content (AvgIpc) is 2.51. The molecule has 0 N–H and O–H groups in total. The van der Waals surface area contributed by atoms with E-state index < -0.39 is 0 Å². The molecule has 0 saturated carbocycles. The summed E-state index contributed by atoms with van der Waals surface area (Å²) in [5.41, 5.74) is 0.888. The van der Waals surface area contributed by atoms with Crippen molar-refractivity contribution in [2.45, 2.75) is 20.1 Å². The van der Waals surface area contributed by atoms with Gasteiger partial charge in [0.25, 0.3) is 0 Å². The molecule has 0 aliphatic rings. The largest absolute Gasteiger partial charge is 0.488 e. The van der Waals surface area contributed by atoms with Crippen LogP contribution in [-0.2, 0) is 19.0 Å². The van der Waals surface area contributed by atoms with Gasteiger partial charge in [0.2, 0.25) is 0 Å². The van der Waals surface area contributed by atoms with Crippen LogP contribution in [0.2, 0.25) is 0 Å². The van der Waals surface area contributed by atoms with Gasteiger partial charge in [0.05, 0.1) is 7.11 Å². The van der Waals surface area contributed by atoms with Gasteiger partial charge in [-0.3, -0.25) is 0 Å². The van der Waals surface area contributed by atoms with Crippen molar-refractivity contribution in [3.05, 3.63) is 35.9 Å². The molecule has 5 heteroatoms. The van der Waals surface area contributed by atoms with E-state index >= 15 is 0 Å². The van der Waals surface area contributed by atoms with Crippen LogP contribution in [0.4, 0.5) is 0 Å². The molecule has 0 radical (unpaired) electrons. The second kappa shape index (κ2) is 9.96. The molecule has 0 aliphatic carbocycles. The first-order chi connectivity index (χ1) is 10.2. The summed E-state index contributed by atoms with van der Waals surface area (Å²) in [4.78, 5) is 11.0. The third-order valence-electron chi connectivity index (χ3n) is 2.58. The molecule has 0 atom stereocenters. The van der Waals surface area contributed by atoms with Crippen molar-refractivity contribution in [3.63, 3.8) is 0 Å². The fraction of sp³-hybridized carbons (Fsp3) is 0.438. The van der Waals surface area contributed by atoms with Gasteiger partial charge in [0.15, 0.2) is 6.29 Å². The molecule has 1 rings (SSSR count). The summed E-state index contributed by atoms with van der Waals surface area (Å²) >= 11 is 0. The fourth-order valence-corrected chi connectivity index (χ4v) is 1.59. The first-order valence-corrected chi connectivity index (χ1v) is 6.91. The predicted molar refractivity (Wildman–Crippen MR) is 80.0 cm³/mol. The van der Waals surface area contributed by atoms with E-state index in [0.29, 0.717) is 19.8 Å². The van der Waals surface area contributed by atoms with Crippen molar-refractivity contribution < 1.29 is 23.7 Å². The molecule has 0 aromatic heterocycles. The maximum absolute atomic E-state index is 11.0. The fourth-order valence-electron chi connectivity index (χ4n) is 1.59. The molecule has 0 aliphatic heterocycles. The second-order valence-corrected chi connectivity index (χ2v) is 4.08. The van der Waals surface area contributed by atoms with Gasteiger partial charge in [0.1, 0.15) is 12.4 Å². The third kappa shape index (κ3) is 6.92. The number of carbonyl (C=O) groups excluding carboxylic acids is 1. The van der Waals surface area contributed by atoms with Crippen LogP contribution < -0.4 is 4.74 Å². The summed E-state index contributed by atoms with van der Waals surface area (Å²) in [6.07, 6.45) is 2.69. The topological polar surface area (TPSA) is 54.0 Å². The van der Waals surface area contributed by atoms with Crippen LogP contribution in [0.1, 0.15) is 19.4 Å². The molecular weight excluding hydrogens is 272 g/mol. The van der Waals surface area contributed by atoms with E-state index in [9.17, 15) is 4.79 Å². The Labute approximate surface area is 125 Å². The lowest BCUT2D eigenvalue weighted by Gasteiger charge is -2.17. The minimum atomic E-state index is -0.383. The van der Waals surface area contributed by atoms with Gasteiger partial charge in [-0.2, -0.15) is 0 Å². The summed E-state index contributed by atoms with van der Waals surface area (Å²) in [6.45, 7) is 5.30.